The number of hydrogen-bond acceptors (Lipinski definition) is 4. The smallest absolute Gasteiger partial charge is 0.185 e. The van der Waals surface area contributed by atoms with Gasteiger partial charge in [0.25, 0.3) is 0 Å². The van der Waals surface area contributed by atoms with Crippen molar-refractivity contribution in [3.8, 4) is 17.2 Å². The summed E-state index contributed by atoms with van der Waals surface area (Å²) >= 11 is 0. The number of ketones is 1. The van der Waals surface area contributed by atoms with Crippen molar-refractivity contribution in [3.05, 3.63) is 59.7 Å². The first-order valence-corrected chi connectivity index (χ1v) is 10.0. The molecule has 2 aromatic rings. The number of benzene rings is 2. The van der Waals surface area contributed by atoms with Gasteiger partial charge >= 0.3 is 0 Å². The van der Waals surface area contributed by atoms with Gasteiger partial charge in [0.2, 0.25) is 0 Å². The lowest BCUT2D eigenvalue weighted by molar-refractivity contribution is 0.104. The highest BCUT2D eigenvalue weighted by molar-refractivity contribution is 6.07. The molecule has 0 atom stereocenters. The fourth-order valence-electron chi connectivity index (χ4n) is 2.50. The van der Waals surface area contributed by atoms with Crippen molar-refractivity contribution in [3.63, 3.8) is 0 Å². The Morgan fingerprint density at radius 1 is 0.786 bits per heavy atom. The van der Waals surface area contributed by atoms with Gasteiger partial charge in [-0.1, -0.05) is 20.8 Å². The van der Waals surface area contributed by atoms with Crippen LogP contribution in [0.5, 0.6) is 17.2 Å². The van der Waals surface area contributed by atoms with Crippen LogP contribution in [-0.4, -0.2) is 25.6 Å². The van der Waals surface area contributed by atoms with E-state index < -0.39 is 0 Å². The average Bonchev–Trinajstić information content (AvgIpc) is 2.74. The van der Waals surface area contributed by atoms with Gasteiger partial charge in [-0.15, -0.1) is 0 Å². The monoisotopic (exact) mass is 382 g/mol. The summed E-state index contributed by atoms with van der Waals surface area (Å²) < 4.78 is 17.1. The van der Waals surface area contributed by atoms with Crippen LogP contribution >= 0.6 is 0 Å². The lowest BCUT2D eigenvalue weighted by atomic mass is 10.1. The third-order valence-corrected chi connectivity index (χ3v) is 3.95. The summed E-state index contributed by atoms with van der Waals surface area (Å²) in [5.41, 5.74) is 1.48. The number of carbonyl (C=O) groups is 1. The zero-order valence-corrected chi connectivity index (χ0v) is 17.1. The fraction of sp³-hybridized carbons (Fsp3) is 0.375. The van der Waals surface area contributed by atoms with E-state index in [1.807, 2.05) is 30.3 Å². The zero-order valence-electron chi connectivity index (χ0n) is 17.1. The molecular weight excluding hydrogens is 352 g/mol. The second-order valence-electron chi connectivity index (χ2n) is 6.47. The summed E-state index contributed by atoms with van der Waals surface area (Å²) in [5, 5.41) is 0. The van der Waals surface area contributed by atoms with Crippen molar-refractivity contribution >= 4 is 11.9 Å². The van der Waals surface area contributed by atoms with Crippen LogP contribution in [0.25, 0.3) is 6.08 Å². The Balaban J connectivity index is 2.11. The first-order valence-electron chi connectivity index (χ1n) is 10.0. The molecule has 0 N–H and O–H groups in total. The molecule has 4 heteroatoms. The molecule has 28 heavy (non-hydrogen) atoms. The predicted molar refractivity (Wildman–Crippen MR) is 114 cm³/mol. The molecule has 2 rings (SSSR count). The molecule has 0 fully saturated rings. The summed E-state index contributed by atoms with van der Waals surface area (Å²) in [7, 11) is 0. The van der Waals surface area contributed by atoms with Crippen LogP contribution in [0.3, 0.4) is 0 Å². The minimum atomic E-state index is -0.0604. The van der Waals surface area contributed by atoms with Gasteiger partial charge in [-0.2, -0.15) is 0 Å². The highest BCUT2D eigenvalue weighted by atomic mass is 16.5. The van der Waals surface area contributed by atoms with E-state index in [1.54, 1.807) is 24.3 Å². The van der Waals surface area contributed by atoms with Crippen molar-refractivity contribution in [1.82, 2.24) is 0 Å². The van der Waals surface area contributed by atoms with Gasteiger partial charge in [-0.3, -0.25) is 4.79 Å². The zero-order chi connectivity index (χ0) is 20.2. The summed E-state index contributed by atoms with van der Waals surface area (Å²) in [6.45, 7) is 8.14. The highest BCUT2D eigenvalue weighted by Gasteiger charge is 2.07. The molecule has 0 saturated heterocycles. The summed E-state index contributed by atoms with van der Waals surface area (Å²) in [6, 6.07) is 12.9. The Labute approximate surface area is 168 Å². The van der Waals surface area contributed by atoms with Crippen molar-refractivity contribution in [2.45, 2.75) is 40.0 Å². The van der Waals surface area contributed by atoms with E-state index in [9.17, 15) is 4.79 Å². The Morgan fingerprint density at radius 2 is 1.36 bits per heavy atom. The van der Waals surface area contributed by atoms with Crippen LogP contribution in [-0.2, 0) is 0 Å². The molecule has 0 bridgehead atoms. The molecular formula is C24H30O4. The van der Waals surface area contributed by atoms with Gasteiger partial charge in [0, 0.05) is 17.2 Å². The SMILES string of the molecule is CCCOc1ccc(C(=O)/C=C/c2ccc(OCCC)cc2OCCC)cc1. The topological polar surface area (TPSA) is 44.8 Å². The molecule has 0 aromatic heterocycles. The molecule has 0 amide bonds. The van der Waals surface area contributed by atoms with Crippen molar-refractivity contribution in [2.24, 2.45) is 0 Å². The van der Waals surface area contributed by atoms with E-state index in [1.165, 1.54) is 0 Å². The third-order valence-electron chi connectivity index (χ3n) is 3.95. The Morgan fingerprint density at radius 3 is 2.00 bits per heavy atom. The molecule has 0 spiro atoms. The normalized spacial score (nSPS) is 10.8. The molecule has 0 aliphatic rings. The Bertz CT molecular complexity index is 763. The summed E-state index contributed by atoms with van der Waals surface area (Å²) in [4.78, 5) is 12.5. The molecule has 0 heterocycles. The van der Waals surface area contributed by atoms with Crippen LogP contribution in [0.2, 0.25) is 0 Å². The molecule has 0 aliphatic carbocycles. The van der Waals surface area contributed by atoms with Crippen LogP contribution in [0.15, 0.2) is 48.5 Å². The number of hydrogen-bond donors (Lipinski definition) is 0. The number of allylic oxidation sites excluding steroid dienone is 1. The van der Waals surface area contributed by atoms with Gasteiger partial charge in [0.15, 0.2) is 5.78 Å². The third kappa shape index (κ3) is 6.76. The van der Waals surface area contributed by atoms with E-state index in [-0.39, 0.29) is 5.78 Å². The lowest BCUT2D eigenvalue weighted by Crippen LogP contribution is -2.00. The predicted octanol–water partition coefficient (Wildman–Crippen LogP) is 5.95. The average molecular weight is 383 g/mol. The largest absolute Gasteiger partial charge is 0.494 e. The van der Waals surface area contributed by atoms with Crippen LogP contribution in [0.1, 0.15) is 56.0 Å². The maximum atomic E-state index is 12.5. The van der Waals surface area contributed by atoms with E-state index >= 15 is 0 Å². The summed E-state index contributed by atoms with van der Waals surface area (Å²) in [5.74, 6) is 2.22. The van der Waals surface area contributed by atoms with Crippen molar-refractivity contribution in [2.75, 3.05) is 19.8 Å². The second kappa shape index (κ2) is 11.9. The number of carbonyl (C=O) groups excluding carboxylic acids is 1. The van der Waals surface area contributed by atoms with Crippen LogP contribution in [0.4, 0.5) is 0 Å². The molecule has 0 unspecified atom stereocenters. The maximum Gasteiger partial charge on any atom is 0.185 e. The van der Waals surface area contributed by atoms with Crippen molar-refractivity contribution in [1.29, 1.82) is 0 Å². The fourth-order valence-corrected chi connectivity index (χ4v) is 2.50. The van der Waals surface area contributed by atoms with Crippen molar-refractivity contribution < 1.29 is 19.0 Å². The minimum absolute atomic E-state index is 0.0604. The number of rotatable bonds is 12. The molecule has 2 aromatic carbocycles. The van der Waals surface area contributed by atoms with Gasteiger partial charge in [-0.05, 0) is 67.8 Å². The standard InChI is InChI=1S/C24H30O4/c1-4-15-26-21-11-7-19(8-12-21)23(25)14-10-20-9-13-22(27-16-5-2)18-24(20)28-17-6-3/h7-14,18H,4-6,15-17H2,1-3H3/b14-10+. The first-order chi connectivity index (χ1) is 13.7. The lowest BCUT2D eigenvalue weighted by Gasteiger charge is -2.11. The quantitative estimate of drug-likeness (QED) is 0.336. The van der Waals surface area contributed by atoms with Gasteiger partial charge in [-0.25, -0.2) is 0 Å². The van der Waals surface area contributed by atoms with Gasteiger partial charge in [0.1, 0.15) is 17.2 Å². The van der Waals surface area contributed by atoms with Crippen LogP contribution in [0, 0.1) is 0 Å². The molecule has 4 nitrogen and oxygen atoms in total. The molecule has 0 saturated carbocycles. The molecule has 150 valence electrons. The minimum Gasteiger partial charge on any atom is -0.494 e. The highest BCUT2D eigenvalue weighted by Crippen LogP contribution is 2.27. The van der Waals surface area contributed by atoms with Gasteiger partial charge in [0.05, 0.1) is 19.8 Å². The van der Waals surface area contributed by atoms with E-state index in [2.05, 4.69) is 20.8 Å². The van der Waals surface area contributed by atoms with E-state index in [4.69, 9.17) is 14.2 Å². The second-order valence-corrected chi connectivity index (χ2v) is 6.47. The molecule has 0 radical (unpaired) electrons. The van der Waals surface area contributed by atoms with E-state index in [0.717, 1.165) is 42.1 Å². The Kier molecular flexibility index (Phi) is 9.13. The number of ether oxygens (including phenoxy) is 3. The van der Waals surface area contributed by atoms with E-state index in [0.29, 0.717) is 25.4 Å². The maximum absolute atomic E-state index is 12.5. The molecule has 0 aliphatic heterocycles. The van der Waals surface area contributed by atoms with Crippen LogP contribution < -0.4 is 14.2 Å². The van der Waals surface area contributed by atoms with Gasteiger partial charge < -0.3 is 14.2 Å². The summed E-state index contributed by atoms with van der Waals surface area (Å²) in [6.07, 6.45) is 6.17. The first kappa shape index (κ1) is 21.5. The Hall–Kier alpha value is -2.75.